The maximum atomic E-state index is 12.9. The lowest BCUT2D eigenvalue weighted by molar-refractivity contribution is -0.134. The number of ketones is 1. The molecule has 1 aromatic heterocycles. The molecule has 0 N–H and O–H groups in total. The molecule has 0 unspecified atom stereocenters. The van der Waals surface area contributed by atoms with Gasteiger partial charge in [-0.1, -0.05) is 19.3 Å². The smallest absolute Gasteiger partial charge is 0.327 e. The zero-order chi connectivity index (χ0) is 17.6. The highest BCUT2D eigenvalue weighted by atomic mass is 16.2. The van der Waals surface area contributed by atoms with Crippen molar-refractivity contribution in [2.45, 2.75) is 51.5 Å². The van der Waals surface area contributed by atoms with Crippen molar-refractivity contribution in [3.8, 4) is 0 Å². The first-order chi connectivity index (χ1) is 11.3. The van der Waals surface area contributed by atoms with Gasteiger partial charge in [-0.25, -0.2) is 4.79 Å². The van der Waals surface area contributed by atoms with E-state index in [0.717, 1.165) is 35.6 Å². The predicted octanol–water partition coefficient (Wildman–Crippen LogP) is 2.42. The van der Waals surface area contributed by atoms with Crippen LogP contribution in [0.15, 0.2) is 6.07 Å². The number of rotatable bonds is 3. The molecule has 1 saturated heterocycles. The van der Waals surface area contributed by atoms with Crippen LogP contribution in [0.25, 0.3) is 0 Å². The topological polar surface area (TPSA) is 62.6 Å². The summed E-state index contributed by atoms with van der Waals surface area (Å²) in [5, 5.41) is 0. The molecule has 2 heterocycles. The monoisotopic (exact) mass is 331 g/mol. The standard InChI is InChI=1S/C18H25N3O3/c1-12-10-14(13(2)19(12)3)15(22)11-21-16(23)18(20(4)17(21)24)8-6-5-7-9-18/h10H,5-9,11H2,1-4H3. The van der Waals surface area contributed by atoms with Crippen molar-refractivity contribution in [2.24, 2.45) is 7.05 Å². The molecule has 3 amide bonds. The van der Waals surface area contributed by atoms with Crippen LogP contribution in [0, 0.1) is 13.8 Å². The summed E-state index contributed by atoms with van der Waals surface area (Å²) in [6.45, 7) is 3.64. The highest BCUT2D eigenvalue weighted by Gasteiger charge is 2.55. The molecule has 0 aromatic carbocycles. The van der Waals surface area contributed by atoms with E-state index in [2.05, 4.69) is 0 Å². The van der Waals surface area contributed by atoms with E-state index in [1.807, 2.05) is 31.5 Å². The maximum absolute atomic E-state index is 12.9. The first kappa shape index (κ1) is 16.7. The number of aromatic nitrogens is 1. The molecule has 0 radical (unpaired) electrons. The normalized spacial score (nSPS) is 20.3. The van der Waals surface area contributed by atoms with Crippen molar-refractivity contribution in [1.29, 1.82) is 0 Å². The zero-order valence-electron chi connectivity index (χ0n) is 14.9. The summed E-state index contributed by atoms with van der Waals surface area (Å²) in [7, 11) is 3.59. The Morgan fingerprint density at radius 2 is 1.75 bits per heavy atom. The fourth-order valence-corrected chi connectivity index (χ4v) is 4.04. The average molecular weight is 331 g/mol. The van der Waals surface area contributed by atoms with Gasteiger partial charge in [0.05, 0.1) is 6.54 Å². The largest absolute Gasteiger partial charge is 0.351 e. The van der Waals surface area contributed by atoms with E-state index in [9.17, 15) is 14.4 Å². The van der Waals surface area contributed by atoms with Gasteiger partial charge in [-0.05, 0) is 32.8 Å². The number of hydrogen-bond acceptors (Lipinski definition) is 3. The average Bonchev–Trinajstić information content (AvgIpc) is 2.93. The number of aryl methyl sites for hydroxylation is 1. The Bertz CT molecular complexity index is 713. The van der Waals surface area contributed by atoms with Crippen LogP contribution in [-0.2, 0) is 11.8 Å². The number of likely N-dealkylation sites (N-methyl/N-ethyl adjacent to an activating group) is 1. The summed E-state index contributed by atoms with van der Waals surface area (Å²) in [5.41, 5.74) is 1.70. The lowest BCUT2D eigenvalue weighted by Crippen LogP contribution is -2.49. The highest BCUT2D eigenvalue weighted by Crippen LogP contribution is 2.39. The summed E-state index contributed by atoms with van der Waals surface area (Å²) in [5.74, 6) is -0.382. The van der Waals surface area contributed by atoms with Crippen LogP contribution in [0.3, 0.4) is 0 Å². The molecule has 130 valence electrons. The van der Waals surface area contributed by atoms with E-state index in [1.54, 1.807) is 11.9 Å². The van der Waals surface area contributed by atoms with Crippen molar-refractivity contribution in [1.82, 2.24) is 14.4 Å². The molecule has 1 saturated carbocycles. The molecule has 3 rings (SSSR count). The van der Waals surface area contributed by atoms with E-state index in [-0.39, 0.29) is 24.3 Å². The van der Waals surface area contributed by atoms with Crippen molar-refractivity contribution in [3.05, 3.63) is 23.0 Å². The third-order valence-corrected chi connectivity index (χ3v) is 5.86. The molecular formula is C18H25N3O3. The molecule has 24 heavy (non-hydrogen) atoms. The molecular weight excluding hydrogens is 306 g/mol. The summed E-state index contributed by atoms with van der Waals surface area (Å²) in [6, 6.07) is 1.48. The van der Waals surface area contributed by atoms with Crippen molar-refractivity contribution in [3.63, 3.8) is 0 Å². The van der Waals surface area contributed by atoms with Gasteiger partial charge >= 0.3 is 6.03 Å². The number of amides is 3. The second kappa shape index (κ2) is 5.76. The van der Waals surface area contributed by atoms with Crippen LogP contribution in [0.1, 0.15) is 53.8 Å². The lowest BCUT2D eigenvalue weighted by Gasteiger charge is -2.35. The first-order valence-corrected chi connectivity index (χ1v) is 8.55. The van der Waals surface area contributed by atoms with Gasteiger partial charge in [0.15, 0.2) is 5.78 Å². The fourth-order valence-electron chi connectivity index (χ4n) is 4.04. The van der Waals surface area contributed by atoms with Crippen LogP contribution in [-0.4, -0.2) is 51.2 Å². The number of nitrogens with zero attached hydrogens (tertiary/aromatic N) is 3. The fraction of sp³-hybridized carbons (Fsp3) is 0.611. The minimum Gasteiger partial charge on any atom is -0.351 e. The number of urea groups is 1. The van der Waals surface area contributed by atoms with Crippen LogP contribution < -0.4 is 0 Å². The Balaban J connectivity index is 1.84. The summed E-state index contributed by atoms with van der Waals surface area (Å²) in [4.78, 5) is 40.9. The number of carbonyl (C=O) groups is 3. The van der Waals surface area contributed by atoms with Gasteiger partial charge in [-0.3, -0.25) is 14.5 Å². The van der Waals surface area contributed by atoms with Crippen LogP contribution in [0.4, 0.5) is 4.79 Å². The lowest BCUT2D eigenvalue weighted by atomic mass is 9.80. The Labute approximate surface area is 142 Å². The van der Waals surface area contributed by atoms with E-state index in [1.165, 1.54) is 0 Å². The van der Waals surface area contributed by atoms with Gasteiger partial charge in [0, 0.05) is 31.0 Å². The van der Waals surface area contributed by atoms with E-state index in [4.69, 9.17) is 0 Å². The third kappa shape index (κ3) is 2.27. The van der Waals surface area contributed by atoms with Gasteiger partial charge in [-0.15, -0.1) is 0 Å². The Kier molecular flexibility index (Phi) is 4.01. The third-order valence-electron chi connectivity index (χ3n) is 5.86. The minimum absolute atomic E-state index is 0.173. The second-order valence-electron chi connectivity index (χ2n) is 7.09. The molecule has 1 aliphatic carbocycles. The Morgan fingerprint density at radius 1 is 1.12 bits per heavy atom. The molecule has 6 heteroatoms. The predicted molar refractivity (Wildman–Crippen MR) is 89.9 cm³/mol. The molecule has 1 spiro atoms. The van der Waals surface area contributed by atoms with E-state index < -0.39 is 5.54 Å². The second-order valence-corrected chi connectivity index (χ2v) is 7.09. The number of imide groups is 1. The minimum atomic E-state index is -0.725. The molecule has 1 aromatic rings. The van der Waals surface area contributed by atoms with Crippen molar-refractivity contribution in [2.75, 3.05) is 13.6 Å². The quantitative estimate of drug-likeness (QED) is 0.631. The van der Waals surface area contributed by atoms with Crippen molar-refractivity contribution >= 4 is 17.7 Å². The molecule has 2 aliphatic rings. The maximum Gasteiger partial charge on any atom is 0.327 e. The van der Waals surface area contributed by atoms with Gasteiger partial charge in [0.25, 0.3) is 5.91 Å². The van der Waals surface area contributed by atoms with Crippen LogP contribution in [0.2, 0.25) is 0 Å². The van der Waals surface area contributed by atoms with Crippen LogP contribution >= 0.6 is 0 Å². The van der Waals surface area contributed by atoms with E-state index in [0.29, 0.717) is 18.4 Å². The number of Topliss-reactive ketones (excluding diaryl/α,β-unsaturated/α-hetero) is 1. The number of hydrogen-bond donors (Lipinski definition) is 0. The first-order valence-electron chi connectivity index (χ1n) is 8.55. The molecule has 1 aliphatic heterocycles. The van der Waals surface area contributed by atoms with Gasteiger partial charge in [0.1, 0.15) is 5.54 Å². The Hall–Kier alpha value is -2.11. The molecule has 0 atom stereocenters. The van der Waals surface area contributed by atoms with Gasteiger partial charge in [-0.2, -0.15) is 0 Å². The summed E-state index contributed by atoms with van der Waals surface area (Å²) >= 11 is 0. The van der Waals surface area contributed by atoms with Crippen LogP contribution in [0.5, 0.6) is 0 Å². The molecule has 6 nitrogen and oxygen atoms in total. The Morgan fingerprint density at radius 3 is 2.29 bits per heavy atom. The van der Waals surface area contributed by atoms with Crippen molar-refractivity contribution < 1.29 is 14.4 Å². The van der Waals surface area contributed by atoms with Gasteiger partial charge < -0.3 is 9.47 Å². The molecule has 0 bridgehead atoms. The highest BCUT2D eigenvalue weighted by molar-refractivity contribution is 6.11. The summed E-state index contributed by atoms with van der Waals surface area (Å²) < 4.78 is 1.94. The number of carbonyl (C=O) groups excluding carboxylic acids is 3. The summed E-state index contributed by atoms with van der Waals surface area (Å²) in [6.07, 6.45) is 4.38. The van der Waals surface area contributed by atoms with Gasteiger partial charge in [0.2, 0.25) is 0 Å². The zero-order valence-corrected chi connectivity index (χ0v) is 14.9. The van der Waals surface area contributed by atoms with E-state index >= 15 is 0 Å². The SMILES string of the molecule is Cc1cc(C(=O)CN2C(=O)N(C)C3(CCCCC3)C2=O)c(C)n1C. The molecule has 2 fully saturated rings.